The molecule has 110 valence electrons. The van der Waals surface area contributed by atoms with E-state index in [0.717, 1.165) is 17.8 Å². The van der Waals surface area contributed by atoms with E-state index >= 15 is 0 Å². The van der Waals surface area contributed by atoms with Crippen molar-refractivity contribution in [2.45, 2.75) is 45.6 Å². The van der Waals surface area contributed by atoms with Gasteiger partial charge in [-0.3, -0.25) is 4.79 Å². The van der Waals surface area contributed by atoms with Gasteiger partial charge in [0.15, 0.2) is 0 Å². The molecule has 0 spiro atoms. The maximum Gasteiger partial charge on any atom is 0.253 e. The summed E-state index contributed by atoms with van der Waals surface area (Å²) in [7, 11) is 0. The number of carbonyl (C=O) groups excluding carboxylic acids is 1. The SMILES string of the molecule is CCNC(=O)c1ccc(N)cc1N(CC)C1CCCC1. The van der Waals surface area contributed by atoms with Crippen LogP contribution in [0.2, 0.25) is 0 Å². The van der Waals surface area contributed by atoms with Crippen LogP contribution in [0.15, 0.2) is 18.2 Å². The van der Waals surface area contributed by atoms with Crippen LogP contribution < -0.4 is 16.0 Å². The van der Waals surface area contributed by atoms with Crippen LogP contribution in [0.1, 0.15) is 49.9 Å². The second-order valence-corrected chi connectivity index (χ2v) is 5.36. The van der Waals surface area contributed by atoms with E-state index in [0.29, 0.717) is 18.3 Å². The number of carbonyl (C=O) groups is 1. The molecule has 20 heavy (non-hydrogen) atoms. The normalized spacial score (nSPS) is 15.3. The van der Waals surface area contributed by atoms with Crippen LogP contribution in [0.5, 0.6) is 0 Å². The van der Waals surface area contributed by atoms with E-state index in [2.05, 4.69) is 17.1 Å². The van der Waals surface area contributed by atoms with Crippen LogP contribution in [0.3, 0.4) is 0 Å². The molecule has 0 aromatic heterocycles. The summed E-state index contributed by atoms with van der Waals surface area (Å²) in [6.07, 6.45) is 4.97. The van der Waals surface area contributed by atoms with Gasteiger partial charge in [0.05, 0.1) is 11.3 Å². The number of amides is 1. The van der Waals surface area contributed by atoms with Gasteiger partial charge in [-0.1, -0.05) is 12.8 Å². The van der Waals surface area contributed by atoms with Crippen LogP contribution in [0.25, 0.3) is 0 Å². The summed E-state index contributed by atoms with van der Waals surface area (Å²) < 4.78 is 0. The number of hydrogen-bond donors (Lipinski definition) is 2. The lowest BCUT2D eigenvalue weighted by atomic mass is 10.1. The minimum atomic E-state index is -0.0149. The van der Waals surface area contributed by atoms with Crippen molar-refractivity contribution in [1.29, 1.82) is 0 Å². The molecule has 0 heterocycles. The van der Waals surface area contributed by atoms with Crippen molar-refractivity contribution in [2.24, 2.45) is 0 Å². The Labute approximate surface area is 121 Å². The largest absolute Gasteiger partial charge is 0.399 e. The highest BCUT2D eigenvalue weighted by Gasteiger charge is 2.25. The highest BCUT2D eigenvalue weighted by Crippen LogP contribution is 2.31. The van der Waals surface area contributed by atoms with Gasteiger partial charge in [-0.05, 0) is 44.9 Å². The van der Waals surface area contributed by atoms with Crippen LogP contribution >= 0.6 is 0 Å². The summed E-state index contributed by atoms with van der Waals surface area (Å²) in [6, 6.07) is 6.12. The molecule has 0 bridgehead atoms. The molecule has 1 aliphatic rings. The number of nitrogens with one attached hydrogen (secondary N) is 1. The second-order valence-electron chi connectivity index (χ2n) is 5.36. The Balaban J connectivity index is 2.36. The maximum absolute atomic E-state index is 12.2. The van der Waals surface area contributed by atoms with Crippen molar-refractivity contribution in [3.05, 3.63) is 23.8 Å². The molecule has 0 unspecified atom stereocenters. The summed E-state index contributed by atoms with van der Waals surface area (Å²) in [5.41, 5.74) is 8.36. The van der Waals surface area contributed by atoms with Crippen molar-refractivity contribution in [3.8, 4) is 0 Å². The van der Waals surface area contributed by atoms with Gasteiger partial charge in [0.2, 0.25) is 0 Å². The third-order valence-corrected chi connectivity index (χ3v) is 4.02. The first kappa shape index (κ1) is 14.7. The first-order valence-electron chi connectivity index (χ1n) is 7.61. The molecule has 1 fully saturated rings. The molecular formula is C16H25N3O. The zero-order valence-electron chi connectivity index (χ0n) is 12.5. The van der Waals surface area contributed by atoms with Gasteiger partial charge in [0.1, 0.15) is 0 Å². The number of rotatable bonds is 5. The number of hydrogen-bond acceptors (Lipinski definition) is 3. The molecule has 1 aromatic rings. The van der Waals surface area contributed by atoms with Gasteiger partial charge in [-0.15, -0.1) is 0 Å². The Morgan fingerprint density at radius 1 is 1.35 bits per heavy atom. The number of nitrogens with two attached hydrogens (primary N) is 1. The van der Waals surface area contributed by atoms with E-state index < -0.39 is 0 Å². The number of nitrogens with zero attached hydrogens (tertiary/aromatic N) is 1. The molecule has 2 rings (SSSR count). The highest BCUT2D eigenvalue weighted by atomic mass is 16.1. The summed E-state index contributed by atoms with van der Waals surface area (Å²) in [5.74, 6) is -0.0149. The molecule has 1 amide bonds. The second kappa shape index (κ2) is 6.64. The van der Waals surface area contributed by atoms with Crippen molar-refractivity contribution in [2.75, 3.05) is 23.7 Å². The number of benzene rings is 1. The summed E-state index contributed by atoms with van der Waals surface area (Å²) in [5, 5.41) is 2.88. The molecular weight excluding hydrogens is 250 g/mol. The van der Waals surface area contributed by atoms with Crippen molar-refractivity contribution < 1.29 is 4.79 Å². The Morgan fingerprint density at radius 3 is 2.65 bits per heavy atom. The van der Waals surface area contributed by atoms with Crippen molar-refractivity contribution in [1.82, 2.24) is 5.32 Å². The molecule has 1 aliphatic carbocycles. The molecule has 3 N–H and O–H groups in total. The Bertz CT molecular complexity index is 467. The molecule has 4 nitrogen and oxygen atoms in total. The standard InChI is InChI=1S/C16H25N3O/c1-3-18-16(20)14-10-9-12(17)11-15(14)19(4-2)13-7-5-6-8-13/h9-11,13H,3-8,17H2,1-2H3,(H,18,20). The molecule has 0 atom stereocenters. The Morgan fingerprint density at radius 2 is 2.05 bits per heavy atom. The fourth-order valence-electron chi connectivity index (χ4n) is 3.08. The summed E-state index contributed by atoms with van der Waals surface area (Å²) in [6.45, 7) is 5.62. The predicted octanol–water partition coefficient (Wildman–Crippen LogP) is 2.79. The maximum atomic E-state index is 12.2. The van der Waals surface area contributed by atoms with E-state index in [-0.39, 0.29) is 5.91 Å². The third-order valence-electron chi connectivity index (χ3n) is 4.02. The molecule has 1 aromatic carbocycles. The molecule has 0 aliphatic heterocycles. The van der Waals surface area contributed by atoms with Gasteiger partial charge in [0.25, 0.3) is 5.91 Å². The van der Waals surface area contributed by atoms with Crippen LogP contribution in [-0.4, -0.2) is 25.0 Å². The third kappa shape index (κ3) is 3.06. The zero-order chi connectivity index (χ0) is 14.5. The summed E-state index contributed by atoms with van der Waals surface area (Å²) >= 11 is 0. The van der Waals surface area contributed by atoms with E-state index in [1.165, 1.54) is 25.7 Å². The Hall–Kier alpha value is -1.71. The molecule has 4 heteroatoms. The predicted molar refractivity (Wildman–Crippen MR) is 84.1 cm³/mol. The summed E-state index contributed by atoms with van der Waals surface area (Å²) in [4.78, 5) is 14.6. The molecule has 1 saturated carbocycles. The first-order valence-corrected chi connectivity index (χ1v) is 7.61. The Kier molecular flexibility index (Phi) is 4.88. The lowest BCUT2D eigenvalue weighted by Gasteiger charge is -2.31. The monoisotopic (exact) mass is 275 g/mol. The fraction of sp³-hybridized carbons (Fsp3) is 0.562. The quantitative estimate of drug-likeness (QED) is 0.812. The van der Waals surface area contributed by atoms with Crippen molar-refractivity contribution >= 4 is 17.3 Å². The van der Waals surface area contributed by atoms with Gasteiger partial charge >= 0.3 is 0 Å². The fourth-order valence-corrected chi connectivity index (χ4v) is 3.08. The van der Waals surface area contributed by atoms with Gasteiger partial charge in [-0.25, -0.2) is 0 Å². The van der Waals surface area contributed by atoms with Crippen LogP contribution in [-0.2, 0) is 0 Å². The minimum Gasteiger partial charge on any atom is -0.399 e. The smallest absolute Gasteiger partial charge is 0.253 e. The molecule has 0 saturated heterocycles. The van der Waals surface area contributed by atoms with E-state index in [9.17, 15) is 4.79 Å². The zero-order valence-corrected chi connectivity index (χ0v) is 12.5. The first-order chi connectivity index (χ1) is 9.67. The van der Waals surface area contributed by atoms with Gasteiger partial charge in [-0.2, -0.15) is 0 Å². The van der Waals surface area contributed by atoms with Crippen molar-refractivity contribution in [3.63, 3.8) is 0 Å². The highest BCUT2D eigenvalue weighted by molar-refractivity contribution is 6.00. The number of anilines is 2. The van der Waals surface area contributed by atoms with Crippen LogP contribution in [0.4, 0.5) is 11.4 Å². The minimum absolute atomic E-state index is 0.0149. The lowest BCUT2D eigenvalue weighted by molar-refractivity contribution is 0.0956. The van der Waals surface area contributed by atoms with Crippen LogP contribution in [0, 0.1) is 0 Å². The van der Waals surface area contributed by atoms with Gasteiger partial charge in [0, 0.05) is 24.8 Å². The van der Waals surface area contributed by atoms with E-state index in [1.54, 1.807) is 6.07 Å². The average Bonchev–Trinajstić information content (AvgIpc) is 2.94. The van der Waals surface area contributed by atoms with Gasteiger partial charge < -0.3 is 16.0 Å². The number of nitrogen functional groups attached to an aromatic ring is 1. The molecule has 0 radical (unpaired) electrons. The average molecular weight is 275 g/mol. The topological polar surface area (TPSA) is 58.4 Å². The van der Waals surface area contributed by atoms with E-state index in [1.807, 2.05) is 19.1 Å². The van der Waals surface area contributed by atoms with E-state index in [4.69, 9.17) is 5.73 Å². The lowest BCUT2D eigenvalue weighted by Crippen LogP contribution is -2.35.